The number of nitriles is 1. The van der Waals surface area contributed by atoms with Gasteiger partial charge in [0, 0.05) is 11.8 Å². The fraction of sp³-hybridized carbons (Fsp3) is 0.217. The molecule has 0 unspecified atom stereocenters. The molecule has 128 valence electrons. The van der Waals surface area contributed by atoms with Crippen molar-refractivity contribution in [2.24, 2.45) is 0 Å². The SMILES string of the molecule is C=C/C(C)=C(\C=C/C)c1c(C)cccc1-c1ccc(C#N)nc1.CC. The third-order valence-electron chi connectivity index (χ3n) is 3.80. The van der Waals surface area contributed by atoms with Gasteiger partial charge in [0.15, 0.2) is 0 Å². The molecule has 0 spiro atoms. The molecular weight excluding hydrogens is 304 g/mol. The minimum Gasteiger partial charge on any atom is -0.245 e. The van der Waals surface area contributed by atoms with Gasteiger partial charge < -0.3 is 0 Å². The van der Waals surface area contributed by atoms with E-state index in [0.29, 0.717) is 5.69 Å². The van der Waals surface area contributed by atoms with E-state index in [-0.39, 0.29) is 0 Å². The molecular formula is C23H26N2. The third kappa shape index (κ3) is 4.78. The summed E-state index contributed by atoms with van der Waals surface area (Å²) in [7, 11) is 0. The van der Waals surface area contributed by atoms with Crippen LogP contribution in [0, 0.1) is 18.3 Å². The molecule has 0 atom stereocenters. The van der Waals surface area contributed by atoms with Crippen molar-refractivity contribution in [2.75, 3.05) is 0 Å². The normalized spacial score (nSPS) is 11.2. The molecule has 2 rings (SSSR count). The minimum absolute atomic E-state index is 0.425. The van der Waals surface area contributed by atoms with E-state index >= 15 is 0 Å². The summed E-state index contributed by atoms with van der Waals surface area (Å²) in [4.78, 5) is 4.20. The Morgan fingerprint density at radius 1 is 1.20 bits per heavy atom. The van der Waals surface area contributed by atoms with Gasteiger partial charge >= 0.3 is 0 Å². The number of pyridine rings is 1. The molecule has 0 saturated heterocycles. The molecule has 0 aliphatic carbocycles. The Kier molecular flexibility index (Phi) is 8.09. The number of allylic oxidation sites excluding steroid dienone is 5. The first-order valence-electron chi connectivity index (χ1n) is 8.55. The van der Waals surface area contributed by atoms with Crippen molar-refractivity contribution in [3.8, 4) is 17.2 Å². The molecule has 0 aliphatic rings. The average molecular weight is 330 g/mol. The van der Waals surface area contributed by atoms with E-state index in [0.717, 1.165) is 22.3 Å². The maximum Gasteiger partial charge on any atom is 0.140 e. The first kappa shape index (κ1) is 20.1. The van der Waals surface area contributed by atoms with Gasteiger partial charge in [0.05, 0.1) is 0 Å². The van der Waals surface area contributed by atoms with Gasteiger partial charge in [-0.25, -0.2) is 4.98 Å². The molecule has 25 heavy (non-hydrogen) atoms. The first-order chi connectivity index (χ1) is 12.1. The number of benzene rings is 1. The summed E-state index contributed by atoms with van der Waals surface area (Å²) in [5.41, 5.74) is 7.18. The summed E-state index contributed by atoms with van der Waals surface area (Å²) in [6.07, 6.45) is 7.78. The van der Waals surface area contributed by atoms with E-state index in [1.54, 1.807) is 12.3 Å². The van der Waals surface area contributed by atoms with Gasteiger partial charge in [-0.1, -0.05) is 56.9 Å². The highest BCUT2D eigenvalue weighted by molar-refractivity contribution is 5.89. The van der Waals surface area contributed by atoms with Crippen LogP contribution in [0.3, 0.4) is 0 Å². The molecule has 0 radical (unpaired) electrons. The predicted octanol–water partition coefficient (Wildman–Crippen LogP) is 6.49. The van der Waals surface area contributed by atoms with E-state index in [1.165, 1.54) is 11.1 Å². The van der Waals surface area contributed by atoms with Crippen LogP contribution in [0.5, 0.6) is 0 Å². The van der Waals surface area contributed by atoms with Gasteiger partial charge in [0.2, 0.25) is 0 Å². The Morgan fingerprint density at radius 3 is 2.44 bits per heavy atom. The quantitative estimate of drug-likeness (QED) is 0.601. The first-order valence-corrected chi connectivity index (χ1v) is 8.55. The van der Waals surface area contributed by atoms with E-state index < -0.39 is 0 Å². The number of aryl methyl sites for hydroxylation is 1. The van der Waals surface area contributed by atoms with Crippen molar-refractivity contribution >= 4 is 5.57 Å². The Morgan fingerprint density at radius 2 is 1.92 bits per heavy atom. The molecule has 1 aromatic heterocycles. The highest BCUT2D eigenvalue weighted by Gasteiger charge is 2.12. The van der Waals surface area contributed by atoms with Crippen LogP contribution >= 0.6 is 0 Å². The number of aromatic nitrogens is 1. The van der Waals surface area contributed by atoms with Crippen molar-refractivity contribution in [2.45, 2.75) is 34.6 Å². The second-order valence-corrected chi connectivity index (χ2v) is 5.34. The van der Waals surface area contributed by atoms with Crippen LogP contribution in [0.1, 0.15) is 44.5 Å². The molecule has 2 nitrogen and oxygen atoms in total. The lowest BCUT2D eigenvalue weighted by Crippen LogP contribution is -1.95. The Bertz CT molecular complexity index is 816. The Balaban J connectivity index is 0.00000151. The molecule has 0 aliphatic heterocycles. The van der Waals surface area contributed by atoms with Crippen molar-refractivity contribution < 1.29 is 0 Å². The molecule has 1 heterocycles. The molecule has 0 bridgehead atoms. The molecule has 0 saturated carbocycles. The molecule has 0 N–H and O–H groups in total. The molecule has 2 heteroatoms. The van der Waals surface area contributed by atoms with Gasteiger partial charge in [0.25, 0.3) is 0 Å². The second kappa shape index (κ2) is 10.1. The van der Waals surface area contributed by atoms with E-state index in [4.69, 9.17) is 5.26 Å². The maximum absolute atomic E-state index is 8.92. The average Bonchev–Trinajstić information content (AvgIpc) is 2.67. The number of hydrogen-bond acceptors (Lipinski definition) is 2. The number of nitrogens with zero attached hydrogens (tertiary/aromatic N) is 2. The van der Waals surface area contributed by atoms with E-state index in [1.807, 2.05) is 45.1 Å². The fourth-order valence-corrected chi connectivity index (χ4v) is 2.57. The monoisotopic (exact) mass is 330 g/mol. The van der Waals surface area contributed by atoms with Gasteiger partial charge in [-0.15, -0.1) is 0 Å². The van der Waals surface area contributed by atoms with Crippen molar-refractivity contribution in [3.05, 3.63) is 83.7 Å². The molecule has 1 aromatic carbocycles. The number of hydrogen-bond donors (Lipinski definition) is 0. The Labute approximate surface area is 151 Å². The highest BCUT2D eigenvalue weighted by atomic mass is 14.7. The van der Waals surface area contributed by atoms with Gasteiger partial charge in [-0.2, -0.15) is 5.26 Å². The minimum atomic E-state index is 0.425. The lowest BCUT2D eigenvalue weighted by molar-refractivity contribution is 1.26. The second-order valence-electron chi connectivity index (χ2n) is 5.34. The maximum atomic E-state index is 8.92. The van der Waals surface area contributed by atoms with Crippen molar-refractivity contribution in [1.82, 2.24) is 4.98 Å². The smallest absolute Gasteiger partial charge is 0.140 e. The van der Waals surface area contributed by atoms with Gasteiger partial charge in [-0.05, 0) is 60.7 Å². The standard InChI is InChI=1S/C21H20N2.C2H6/c1-5-8-19(15(3)6-2)21-16(4)9-7-10-20(21)17-11-12-18(13-22)23-14-17;1-2/h5-12,14H,2H2,1,3-4H3;1-2H3/b8-5-,19-15+;. The van der Waals surface area contributed by atoms with Crippen LogP contribution in [0.2, 0.25) is 0 Å². The van der Waals surface area contributed by atoms with E-state index in [9.17, 15) is 0 Å². The van der Waals surface area contributed by atoms with Crippen LogP contribution in [0.25, 0.3) is 16.7 Å². The zero-order valence-electron chi connectivity index (χ0n) is 15.8. The highest BCUT2D eigenvalue weighted by Crippen LogP contribution is 2.34. The number of rotatable bonds is 4. The largest absolute Gasteiger partial charge is 0.245 e. The van der Waals surface area contributed by atoms with Gasteiger partial charge in [0.1, 0.15) is 11.8 Å². The summed E-state index contributed by atoms with van der Waals surface area (Å²) in [5, 5.41) is 8.92. The topological polar surface area (TPSA) is 36.7 Å². The van der Waals surface area contributed by atoms with Crippen LogP contribution < -0.4 is 0 Å². The van der Waals surface area contributed by atoms with Crippen LogP contribution in [0.4, 0.5) is 0 Å². The fourth-order valence-electron chi connectivity index (χ4n) is 2.57. The Hall–Kier alpha value is -2.92. The van der Waals surface area contributed by atoms with Crippen LogP contribution in [0.15, 0.2) is 66.9 Å². The van der Waals surface area contributed by atoms with Crippen LogP contribution in [-0.4, -0.2) is 4.98 Å². The third-order valence-corrected chi connectivity index (χ3v) is 3.80. The molecule has 2 aromatic rings. The summed E-state index contributed by atoms with van der Waals surface area (Å²) in [5.74, 6) is 0. The zero-order valence-corrected chi connectivity index (χ0v) is 15.8. The summed E-state index contributed by atoms with van der Waals surface area (Å²) < 4.78 is 0. The van der Waals surface area contributed by atoms with Crippen molar-refractivity contribution in [1.29, 1.82) is 5.26 Å². The molecule has 0 amide bonds. The zero-order chi connectivity index (χ0) is 18.8. The lowest BCUT2D eigenvalue weighted by Gasteiger charge is -2.16. The van der Waals surface area contributed by atoms with E-state index in [2.05, 4.69) is 49.7 Å². The summed E-state index contributed by atoms with van der Waals surface area (Å²) in [6.45, 7) is 14.1. The van der Waals surface area contributed by atoms with Crippen LogP contribution in [-0.2, 0) is 0 Å². The van der Waals surface area contributed by atoms with Gasteiger partial charge in [-0.3, -0.25) is 0 Å². The predicted molar refractivity (Wildman–Crippen MR) is 108 cm³/mol. The lowest BCUT2D eigenvalue weighted by atomic mass is 9.89. The molecule has 0 fully saturated rings. The van der Waals surface area contributed by atoms with Crippen molar-refractivity contribution in [3.63, 3.8) is 0 Å². The summed E-state index contributed by atoms with van der Waals surface area (Å²) >= 11 is 0. The summed E-state index contributed by atoms with van der Waals surface area (Å²) in [6, 6.07) is 12.0.